The highest BCUT2D eigenvalue weighted by Crippen LogP contribution is 2.46. The van der Waals surface area contributed by atoms with Gasteiger partial charge in [-0.05, 0) is 37.0 Å². The number of nitrogens with two attached hydrogens (primary N) is 1. The van der Waals surface area contributed by atoms with Crippen LogP contribution < -0.4 is 15.3 Å². The number of para-hydroxylation sites is 1. The number of methoxy groups -OCH3 is 1. The van der Waals surface area contributed by atoms with Gasteiger partial charge in [-0.3, -0.25) is 9.32 Å². The zero-order valence-electron chi connectivity index (χ0n) is 20.0. The molecule has 1 aliphatic rings. The highest BCUT2D eigenvalue weighted by atomic mass is 32.2. The largest absolute Gasteiger partial charge is 0.468 e. The number of esters is 1. The van der Waals surface area contributed by atoms with Crippen molar-refractivity contribution in [3.8, 4) is 5.75 Å². The average molecular weight is 533 g/mol. The summed E-state index contributed by atoms with van der Waals surface area (Å²) in [6, 6.07) is 7.84. The summed E-state index contributed by atoms with van der Waals surface area (Å²) in [5.74, 6) is 0.775. The van der Waals surface area contributed by atoms with Crippen LogP contribution in [0, 0.1) is 5.92 Å². The Balaban J connectivity index is 1.46. The summed E-state index contributed by atoms with van der Waals surface area (Å²) >= 11 is 1.57. The van der Waals surface area contributed by atoms with Crippen LogP contribution in [-0.2, 0) is 18.6 Å². The van der Waals surface area contributed by atoms with Gasteiger partial charge in [-0.25, -0.2) is 19.5 Å². The van der Waals surface area contributed by atoms with Crippen LogP contribution in [0.15, 0.2) is 55.1 Å². The summed E-state index contributed by atoms with van der Waals surface area (Å²) in [6.45, 7) is 0.115. The van der Waals surface area contributed by atoms with Gasteiger partial charge in [0.25, 0.3) is 0 Å². The molecule has 0 amide bonds. The van der Waals surface area contributed by atoms with E-state index in [1.54, 1.807) is 42.4 Å². The molecule has 11 nitrogen and oxygen atoms in total. The van der Waals surface area contributed by atoms with Gasteiger partial charge < -0.3 is 19.6 Å². The van der Waals surface area contributed by atoms with E-state index in [2.05, 4.69) is 20.0 Å². The third-order valence-electron chi connectivity index (χ3n) is 5.73. The van der Waals surface area contributed by atoms with Crippen molar-refractivity contribution < 1.29 is 23.1 Å². The molecule has 0 bridgehead atoms. The number of carbonyl (C=O) groups is 1. The minimum Gasteiger partial charge on any atom is -0.468 e. The lowest BCUT2D eigenvalue weighted by molar-refractivity contribution is -0.142. The molecule has 1 unspecified atom stereocenters. The van der Waals surface area contributed by atoms with Gasteiger partial charge in [-0.2, -0.15) is 16.8 Å². The molecule has 1 aliphatic carbocycles. The fraction of sp³-hybridized carbons (Fsp3) is 0.391. The number of benzene rings is 1. The first-order valence-corrected chi connectivity index (χ1v) is 14.3. The molecule has 0 aliphatic heterocycles. The summed E-state index contributed by atoms with van der Waals surface area (Å²) in [5, 5.41) is 2.81. The Morgan fingerprint density at radius 2 is 2.08 bits per heavy atom. The van der Waals surface area contributed by atoms with Crippen LogP contribution in [0.2, 0.25) is 0 Å². The average Bonchev–Trinajstić information content (AvgIpc) is 3.53. The molecule has 2 heterocycles. The van der Waals surface area contributed by atoms with Gasteiger partial charge in [0.1, 0.15) is 23.6 Å². The number of ether oxygens (including phenoxy) is 1. The maximum Gasteiger partial charge on any atom is 0.459 e. The highest BCUT2D eigenvalue weighted by molar-refractivity contribution is 7.98. The summed E-state index contributed by atoms with van der Waals surface area (Å²) in [6.07, 6.45) is 10.1. The van der Waals surface area contributed by atoms with Crippen molar-refractivity contribution in [2.24, 2.45) is 5.92 Å². The Bertz CT molecular complexity index is 1260. The Morgan fingerprint density at radius 3 is 2.83 bits per heavy atom. The van der Waals surface area contributed by atoms with Crippen molar-refractivity contribution in [2.45, 2.75) is 24.9 Å². The topological polar surface area (TPSA) is 143 Å². The molecule has 4 atom stereocenters. The molecule has 3 N–H and O–H groups in total. The molecule has 4 rings (SSSR count). The normalized spacial score (nSPS) is 19.7. The number of rotatable bonds is 12. The van der Waals surface area contributed by atoms with Crippen LogP contribution in [-0.4, -0.2) is 57.3 Å². The van der Waals surface area contributed by atoms with Gasteiger partial charge in [0.2, 0.25) is 0 Å². The number of hydrogen-bond donors (Lipinski definition) is 2. The predicted octanol–water partition coefficient (Wildman–Crippen LogP) is 3.61. The van der Waals surface area contributed by atoms with Crippen LogP contribution >= 0.6 is 19.5 Å². The van der Waals surface area contributed by atoms with Gasteiger partial charge in [0, 0.05) is 5.92 Å². The van der Waals surface area contributed by atoms with Crippen LogP contribution in [0.1, 0.15) is 18.9 Å². The fourth-order valence-electron chi connectivity index (χ4n) is 3.90. The Hall–Kier alpha value is -2.92. The third kappa shape index (κ3) is 6.25. The maximum absolute atomic E-state index is 13.8. The SMILES string of the molecule is COC(=O)[C@H](CCSC)NP(=O)(OC[C@H]1C=C[C@@H](n2cnc3c(N)ncnc32)C1)Oc1ccccc1. The van der Waals surface area contributed by atoms with Crippen molar-refractivity contribution in [2.75, 3.05) is 31.5 Å². The van der Waals surface area contributed by atoms with E-state index < -0.39 is 19.8 Å². The number of thioether (sulfide) groups is 1. The van der Waals surface area contributed by atoms with Gasteiger partial charge in [-0.1, -0.05) is 30.4 Å². The molecule has 192 valence electrons. The molecular weight excluding hydrogens is 503 g/mol. The lowest BCUT2D eigenvalue weighted by atomic mass is 10.1. The molecule has 0 saturated heterocycles. The van der Waals surface area contributed by atoms with E-state index in [0.717, 1.165) is 0 Å². The fourth-order valence-corrected chi connectivity index (χ4v) is 5.96. The molecule has 0 radical (unpaired) electrons. The van der Waals surface area contributed by atoms with E-state index in [4.69, 9.17) is 19.5 Å². The van der Waals surface area contributed by atoms with Crippen molar-refractivity contribution in [3.05, 3.63) is 55.1 Å². The van der Waals surface area contributed by atoms with Crippen molar-refractivity contribution >= 4 is 42.5 Å². The predicted molar refractivity (Wildman–Crippen MR) is 139 cm³/mol. The Kier molecular flexibility index (Phi) is 8.63. The standard InChI is InChI=1S/C23H29N6O5PS/c1-32-23(30)19(10-11-36-2)28-35(31,34-18-6-4-3-5-7-18)33-13-16-8-9-17(12-16)29-15-27-20-21(24)25-14-26-22(20)29/h3-9,14-17,19H,10-13H2,1-2H3,(H,28,31)(H2,24,25,26)/t16-,17+,19-,35?/m0/s1. The Labute approximate surface area is 213 Å². The lowest BCUT2D eigenvalue weighted by Crippen LogP contribution is -2.38. The first-order chi connectivity index (χ1) is 17.4. The summed E-state index contributed by atoms with van der Waals surface area (Å²) in [7, 11) is -2.64. The molecule has 0 saturated carbocycles. The summed E-state index contributed by atoms with van der Waals surface area (Å²) in [5.41, 5.74) is 7.10. The second-order valence-corrected chi connectivity index (χ2v) is 10.9. The number of nitrogens with one attached hydrogen (secondary N) is 1. The Morgan fingerprint density at radius 1 is 1.28 bits per heavy atom. The van der Waals surface area contributed by atoms with Gasteiger partial charge in [0.05, 0.1) is 26.1 Å². The number of carbonyl (C=O) groups excluding carboxylic acids is 1. The molecular formula is C23H29N6O5PS. The summed E-state index contributed by atoms with van der Waals surface area (Å²) < 4.78 is 32.3. The minimum absolute atomic E-state index is 0.0234. The zero-order valence-corrected chi connectivity index (χ0v) is 21.7. The number of fused-ring (bicyclic) bond motifs is 1. The number of anilines is 1. The van der Waals surface area contributed by atoms with E-state index >= 15 is 0 Å². The number of allylic oxidation sites excluding steroid dienone is 1. The smallest absolute Gasteiger partial charge is 0.459 e. The highest BCUT2D eigenvalue weighted by Gasteiger charge is 2.35. The zero-order chi connectivity index (χ0) is 25.5. The summed E-state index contributed by atoms with van der Waals surface area (Å²) in [4.78, 5) is 25.0. The van der Waals surface area contributed by atoms with Gasteiger partial charge in [0.15, 0.2) is 11.5 Å². The molecule has 1 aromatic carbocycles. The van der Waals surface area contributed by atoms with E-state index in [0.29, 0.717) is 41.3 Å². The van der Waals surface area contributed by atoms with Crippen molar-refractivity contribution in [3.63, 3.8) is 0 Å². The molecule has 0 fully saturated rings. The van der Waals surface area contributed by atoms with Gasteiger partial charge in [-0.15, -0.1) is 0 Å². The number of nitrogen functional groups attached to an aromatic ring is 1. The van der Waals surface area contributed by atoms with Crippen LogP contribution in [0.3, 0.4) is 0 Å². The molecule has 36 heavy (non-hydrogen) atoms. The lowest BCUT2D eigenvalue weighted by Gasteiger charge is -2.25. The molecule has 0 spiro atoms. The first-order valence-electron chi connectivity index (χ1n) is 11.4. The van der Waals surface area contributed by atoms with E-state index in [9.17, 15) is 9.36 Å². The van der Waals surface area contributed by atoms with Gasteiger partial charge >= 0.3 is 13.7 Å². The van der Waals surface area contributed by atoms with Crippen molar-refractivity contribution in [1.82, 2.24) is 24.6 Å². The monoisotopic (exact) mass is 532 g/mol. The molecule has 2 aromatic heterocycles. The van der Waals surface area contributed by atoms with E-state index in [-0.39, 0.29) is 18.6 Å². The maximum atomic E-state index is 13.8. The number of imidazole rings is 1. The molecule has 13 heteroatoms. The number of hydrogen-bond acceptors (Lipinski definition) is 10. The van der Waals surface area contributed by atoms with E-state index in [1.165, 1.54) is 13.4 Å². The minimum atomic E-state index is -3.93. The molecule has 3 aromatic rings. The third-order valence-corrected chi connectivity index (χ3v) is 7.94. The number of aromatic nitrogens is 4. The second-order valence-electron chi connectivity index (χ2n) is 8.21. The van der Waals surface area contributed by atoms with E-state index in [1.807, 2.05) is 29.0 Å². The van der Waals surface area contributed by atoms with Crippen LogP contribution in [0.4, 0.5) is 5.82 Å². The van der Waals surface area contributed by atoms with Crippen molar-refractivity contribution in [1.29, 1.82) is 0 Å². The van der Waals surface area contributed by atoms with Crippen LogP contribution in [0.25, 0.3) is 11.2 Å². The second kappa shape index (κ2) is 11.9. The number of nitrogens with zero attached hydrogens (tertiary/aromatic N) is 4. The quantitative estimate of drug-likeness (QED) is 0.200. The first kappa shape index (κ1) is 26.2. The van der Waals surface area contributed by atoms with Crippen LogP contribution in [0.5, 0.6) is 5.75 Å².